The van der Waals surface area contributed by atoms with Crippen LogP contribution in [0.15, 0.2) is 72.8 Å². The number of hydrogen-bond acceptors (Lipinski definition) is 5. The van der Waals surface area contributed by atoms with Gasteiger partial charge in [-0.25, -0.2) is 8.42 Å². The fourth-order valence-electron chi connectivity index (χ4n) is 5.70. The Balaban J connectivity index is 1.61. The summed E-state index contributed by atoms with van der Waals surface area (Å²) in [5.41, 5.74) is 2.03. The van der Waals surface area contributed by atoms with E-state index >= 15 is 0 Å². The summed E-state index contributed by atoms with van der Waals surface area (Å²) in [5.74, 6) is 0.0362. The molecule has 0 aromatic heterocycles. The van der Waals surface area contributed by atoms with Crippen LogP contribution >= 0.6 is 23.2 Å². The first-order chi connectivity index (χ1) is 21.5. The average molecular weight is 675 g/mol. The van der Waals surface area contributed by atoms with E-state index in [1.54, 1.807) is 47.4 Å². The Morgan fingerprint density at radius 3 is 2.38 bits per heavy atom. The molecule has 8 nitrogen and oxygen atoms in total. The van der Waals surface area contributed by atoms with E-state index < -0.39 is 16.1 Å². The van der Waals surface area contributed by atoms with Gasteiger partial charge in [-0.15, -0.1) is 0 Å². The third-order valence-corrected chi connectivity index (χ3v) is 9.85. The molecule has 4 rings (SSSR count). The zero-order chi connectivity index (χ0) is 32.4. The number of amides is 2. The third-order valence-electron chi connectivity index (χ3n) is 8.07. The number of sulfonamides is 1. The Hall–Kier alpha value is -3.27. The van der Waals surface area contributed by atoms with Crippen molar-refractivity contribution >= 4 is 50.7 Å². The van der Waals surface area contributed by atoms with Crippen molar-refractivity contribution in [2.45, 2.75) is 70.0 Å². The summed E-state index contributed by atoms with van der Waals surface area (Å²) >= 11 is 12.7. The van der Waals surface area contributed by atoms with Crippen molar-refractivity contribution in [3.8, 4) is 5.75 Å². The first-order valence-electron chi connectivity index (χ1n) is 15.2. The van der Waals surface area contributed by atoms with Gasteiger partial charge >= 0.3 is 0 Å². The van der Waals surface area contributed by atoms with Gasteiger partial charge in [-0.05, 0) is 54.7 Å². The summed E-state index contributed by atoms with van der Waals surface area (Å²) in [6, 6.07) is 20.7. The van der Waals surface area contributed by atoms with Crippen LogP contribution < -0.4 is 14.4 Å². The lowest BCUT2D eigenvalue weighted by molar-refractivity contribution is -0.141. The van der Waals surface area contributed by atoms with Crippen molar-refractivity contribution in [3.63, 3.8) is 0 Å². The van der Waals surface area contributed by atoms with E-state index in [4.69, 9.17) is 27.9 Å². The molecule has 1 saturated carbocycles. The number of nitrogens with one attached hydrogen (secondary N) is 1. The van der Waals surface area contributed by atoms with Gasteiger partial charge in [0, 0.05) is 48.1 Å². The van der Waals surface area contributed by atoms with Crippen LogP contribution in [0.1, 0.15) is 56.1 Å². The third kappa shape index (κ3) is 10.1. The largest absolute Gasteiger partial charge is 0.497 e. The highest BCUT2D eigenvalue weighted by Gasteiger charge is 2.32. The van der Waals surface area contributed by atoms with E-state index in [1.807, 2.05) is 30.3 Å². The molecule has 0 heterocycles. The first kappa shape index (κ1) is 34.6. The number of anilines is 1. The van der Waals surface area contributed by atoms with E-state index in [-0.39, 0.29) is 43.8 Å². The number of halogens is 2. The van der Waals surface area contributed by atoms with Crippen molar-refractivity contribution in [1.82, 2.24) is 10.2 Å². The molecule has 3 aromatic carbocycles. The number of nitrogens with zero attached hydrogens (tertiary/aromatic N) is 2. The number of carbonyl (C=O) groups is 2. The van der Waals surface area contributed by atoms with Crippen molar-refractivity contribution in [2.24, 2.45) is 0 Å². The van der Waals surface area contributed by atoms with E-state index in [9.17, 15) is 18.0 Å². The van der Waals surface area contributed by atoms with Crippen molar-refractivity contribution in [1.29, 1.82) is 0 Å². The van der Waals surface area contributed by atoms with Crippen molar-refractivity contribution in [3.05, 3.63) is 94.0 Å². The molecule has 0 unspecified atom stereocenters. The van der Waals surface area contributed by atoms with Gasteiger partial charge in [0.2, 0.25) is 21.8 Å². The Morgan fingerprint density at radius 2 is 1.71 bits per heavy atom. The fraction of sp³-hybridized carbons (Fsp3) is 0.412. The van der Waals surface area contributed by atoms with E-state index in [1.165, 1.54) is 11.4 Å². The van der Waals surface area contributed by atoms with Gasteiger partial charge in [-0.1, -0.05) is 84.9 Å². The highest BCUT2D eigenvalue weighted by atomic mass is 35.5. The van der Waals surface area contributed by atoms with Crippen LogP contribution in [0.4, 0.5) is 5.69 Å². The number of methoxy groups -OCH3 is 1. The molecule has 0 bridgehead atoms. The van der Waals surface area contributed by atoms with Crippen LogP contribution in [-0.4, -0.2) is 57.1 Å². The highest BCUT2D eigenvalue weighted by molar-refractivity contribution is 7.92. The zero-order valence-electron chi connectivity index (χ0n) is 25.8. The molecule has 0 spiro atoms. The van der Waals surface area contributed by atoms with Gasteiger partial charge in [0.1, 0.15) is 11.8 Å². The normalized spacial score (nSPS) is 14.4. The standard InChI is InChI=1S/C34H41Cl2N3O5S/c1-44-30-16-9-15-29(23-30)39(45(2,42)43)20-10-17-33(40)38(24-26-18-19-27(35)22-31(26)36)32(21-25-11-5-3-6-12-25)34(41)37-28-13-7-4-8-14-28/h3,5-6,9,11-12,15-16,18-19,22-23,28,32H,4,7-8,10,13-14,17,20-21,24H2,1-2H3,(H,37,41)/t32-/m1/s1. The van der Waals surface area contributed by atoms with Crippen LogP contribution in [0.3, 0.4) is 0 Å². The molecule has 1 fully saturated rings. The van der Waals surface area contributed by atoms with E-state index in [0.717, 1.165) is 43.9 Å². The van der Waals surface area contributed by atoms with Crippen molar-refractivity contribution < 1.29 is 22.7 Å². The molecular weight excluding hydrogens is 633 g/mol. The molecule has 0 aliphatic heterocycles. The van der Waals surface area contributed by atoms with Crippen LogP contribution in [0.2, 0.25) is 10.0 Å². The van der Waals surface area contributed by atoms with Crippen LogP contribution in [0.5, 0.6) is 5.75 Å². The topological polar surface area (TPSA) is 96.0 Å². The van der Waals surface area contributed by atoms with Gasteiger partial charge in [-0.2, -0.15) is 0 Å². The molecule has 2 amide bonds. The molecular formula is C34H41Cl2N3O5S. The summed E-state index contributed by atoms with van der Waals surface area (Å²) in [6.45, 7) is 0.168. The number of hydrogen-bond donors (Lipinski definition) is 1. The Labute approximate surface area is 276 Å². The van der Waals surface area contributed by atoms with Crippen molar-refractivity contribution in [2.75, 3.05) is 24.2 Å². The predicted molar refractivity (Wildman–Crippen MR) is 180 cm³/mol. The van der Waals surface area contributed by atoms with Gasteiger partial charge in [0.15, 0.2) is 0 Å². The minimum absolute atomic E-state index is 0.0171. The fourth-order valence-corrected chi connectivity index (χ4v) is 7.13. The van der Waals surface area contributed by atoms with Gasteiger partial charge in [0.25, 0.3) is 0 Å². The number of ether oxygens (including phenoxy) is 1. The molecule has 0 radical (unpaired) electrons. The molecule has 1 aliphatic rings. The van der Waals surface area contributed by atoms with Gasteiger partial charge in [-0.3, -0.25) is 13.9 Å². The summed E-state index contributed by atoms with van der Waals surface area (Å²) in [4.78, 5) is 29.7. The Morgan fingerprint density at radius 1 is 0.978 bits per heavy atom. The summed E-state index contributed by atoms with van der Waals surface area (Å²) < 4.78 is 32.0. The lowest BCUT2D eigenvalue weighted by Gasteiger charge is -2.34. The molecule has 1 aliphatic carbocycles. The molecule has 242 valence electrons. The minimum atomic E-state index is -3.65. The van der Waals surface area contributed by atoms with Gasteiger partial charge < -0.3 is 15.0 Å². The average Bonchev–Trinajstić information content (AvgIpc) is 3.02. The molecule has 1 N–H and O–H groups in total. The van der Waals surface area contributed by atoms with E-state index in [2.05, 4.69) is 5.32 Å². The number of rotatable bonds is 14. The Bertz CT molecular complexity index is 1550. The lowest BCUT2D eigenvalue weighted by Crippen LogP contribution is -2.53. The maximum Gasteiger partial charge on any atom is 0.243 e. The Kier molecular flexibility index (Phi) is 12.6. The molecule has 45 heavy (non-hydrogen) atoms. The summed E-state index contributed by atoms with van der Waals surface area (Å²) in [7, 11) is -2.13. The monoisotopic (exact) mass is 673 g/mol. The van der Waals surface area contributed by atoms with Crippen LogP contribution in [0, 0.1) is 0 Å². The van der Waals surface area contributed by atoms with E-state index in [0.29, 0.717) is 33.5 Å². The van der Waals surface area contributed by atoms with Crippen LogP contribution in [0.25, 0.3) is 0 Å². The molecule has 11 heteroatoms. The summed E-state index contributed by atoms with van der Waals surface area (Å²) in [6.07, 6.45) is 6.78. The molecule has 3 aromatic rings. The maximum absolute atomic E-state index is 14.1. The predicted octanol–water partition coefficient (Wildman–Crippen LogP) is 6.64. The number of benzene rings is 3. The second kappa shape index (κ2) is 16.3. The van der Waals surface area contributed by atoms with Gasteiger partial charge in [0.05, 0.1) is 19.1 Å². The van der Waals surface area contributed by atoms with Crippen LogP contribution in [-0.2, 0) is 32.6 Å². The second-order valence-corrected chi connectivity index (χ2v) is 14.2. The smallest absolute Gasteiger partial charge is 0.243 e. The molecule has 0 saturated heterocycles. The lowest BCUT2D eigenvalue weighted by atomic mass is 9.94. The first-order valence-corrected chi connectivity index (χ1v) is 17.8. The SMILES string of the molecule is COc1cccc(N(CCCC(=O)N(Cc2ccc(Cl)cc2Cl)[C@H](Cc2ccccc2)C(=O)NC2CCCCC2)S(C)(=O)=O)c1. The summed E-state index contributed by atoms with van der Waals surface area (Å²) in [5, 5.41) is 4.09. The quantitative estimate of drug-likeness (QED) is 0.207. The highest BCUT2D eigenvalue weighted by Crippen LogP contribution is 2.27. The molecule has 1 atom stereocenters. The second-order valence-electron chi connectivity index (χ2n) is 11.4. The minimum Gasteiger partial charge on any atom is -0.497 e. The number of carbonyl (C=O) groups excluding carboxylic acids is 2. The maximum atomic E-state index is 14.1. The zero-order valence-corrected chi connectivity index (χ0v) is 28.1.